The van der Waals surface area contributed by atoms with E-state index in [4.69, 9.17) is 0 Å². The SMILES string of the molecule is O=C(C1CC12CCN(CCCc1ccccc1)CC2)N1CCN(c2ccccc2)CC1. The maximum Gasteiger partial charge on any atom is 0.226 e. The van der Waals surface area contributed by atoms with Crippen molar-refractivity contribution in [2.24, 2.45) is 11.3 Å². The van der Waals surface area contributed by atoms with Crippen molar-refractivity contribution in [3.05, 3.63) is 66.2 Å². The van der Waals surface area contributed by atoms with E-state index in [1.54, 1.807) is 0 Å². The Labute approximate surface area is 186 Å². The second-order valence-corrected chi connectivity index (χ2v) is 9.70. The van der Waals surface area contributed by atoms with Crippen LogP contribution in [0.2, 0.25) is 0 Å². The van der Waals surface area contributed by atoms with Gasteiger partial charge in [0.25, 0.3) is 0 Å². The summed E-state index contributed by atoms with van der Waals surface area (Å²) in [4.78, 5) is 20.3. The number of hydrogen-bond donors (Lipinski definition) is 0. The number of likely N-dealkylation sites (tertiary alicyclic amines) is 1. The topological polar surface area (TPSA) is 26.8 Å². The summed E-state index contributed by atoms with van der Waals surface area (Å²) in [5, 5.41) is 0. The second kappa shape index (κ2) is 9.04. The average molecular weight is 418 g/mol. The number of hydrogen-bond acceptors (Lipinski definition) is 3. The van der Waals surface area contributed by atoms with Gasteiger partial charge < -0.3 is 14.7 Å². The Morgan fingerprint density at radius 2 is 1.48 bits per heavy atom. The molecule has 0 radical (unpaired) electrons. The van der Waals surface area contributed by atoms with E-state index in [0.717, 1.165) is 32.6 Å². The number of nitrogens with zero attached hydrogens (tertiary/aromatic N) is 3. The van der Waals surface area contributed by atoms with Crippen LogP contribution in [0.15, 0.2) is 60.7 Å². The van der Waals surface area contributed by atoms with Crippen molar-refractivity contribution in [1.82, 2.24) is 9.80 Å². The summed E-state index contributed by atoms with van der Waals surface area (Å²) < 4.78 is 0. The molecule has 4 nitrogen and oxygen atoms in total. The van der Waals surface area contributed by atoms with Gasteiger partial charge in [0, 0.05) is 37.8 Å². The fourth-order valence-electron chi connectivity index (χ4n) is 5.67. The van der Waals surface area contributed by atoms with Gasteiger partial charge in [0.2, 0.25) is 5.91 Å². The van der Waals surface area contributed by atoms with Gasteiger partial charge in [0.05, 0.1) is 0 Å². The van der Waals surface area contributed by atoms with Crippen molar-refractivity contribution in [3.63, 3.8) is 0 Å². The van der Waals surface area contributed by atoms with Gasteiger partial charge in [-0.15, -0.1) is 0 Å². The van der Waals surface area contributed by atoms with Crippen molar-refractivity contribution in [1.29, 1.82) is 0 Å². The molecule has 2 aromatic rings. The summed E-state index contributed by atoms with van der Waals surface area (Å²) >= 11 is 0. The molecule has 5 rings (SSSR count). The average Bonchev–Trinajstić information content (AvgIpc) is 3.54. The third-order valence-electron chi connectivity index (χ3n) is 7.83. The van der Waals surface area contributed by atoms with Crippen molar-refractivity contribution in [2.75, 3.05) is 50.7 Å². The molecule has 1 amide bonds. The lowest BCUT2D eigenvalue weighted by Crippen LogP contribution is -2.50. The van der Waals surface area contributed by atoms with E-state index in [1.807, 2.05) is 0 Å². The molecule has 164 valence electrons. The minimum atomic E-state index is 0.294. The Balaban J connectivity index is 1.04. The molecule has 2 saturated heterocycles. The van der Waals surface area contributed by atoms with Crippen LogP contribution in [-0.2, 0) is 11.2 Å². The summed E-state index contributed by atoms with van der Waals surface area (Å²) in [5.74, 6) is 0.729. The number of benzene rings is 2. The predicted octanol–water partition coefficient (Wildman–Crippen LogP) is 4.07. The number of piperazine rings is 1. The highest BCUT2D eigenvalue weighted by Crippen LogP contribution is 2.60. The third-order valence-corrected chi connectivity index (χ3v) is 7.83. The van der Waals surface area contributed by atoms with Crippen LogP contribution in [0.3, 0.4) is 0 Å². The third kappa shape index (κ3) is 4.64. The van der Waals surface area contributed by atoms with Crippen LogP contribution in [0.1, 0.15) is 31.2 Å². The normalized spacial score (nSPS) is 23.2. The smallest absolute Gasteiger partial charge is 0.226 e. The van der Waals surface area contributed by atoms with Gasteiger partial charge in [-0.05, 0) is 74.8 Å². The van der Waals surface area contributed by atoms with Gasteiger partial charge in [-0.25, -0.2) is 0 Å². The zero-order valence-electron chi connectivity index (χ0n) is 18.6. The maximum absolute atomic E-state index is 13.2. The molecular weight excluding hydrogens is 382 g/mol. The molecule has 4 heteroatoms. The lowest BCUT2D eigenvalue weighted by Gasteiger charge is -2.37. The number of rotatable bonds is 6. The molecule has 0 bridgehead atoms. The number of para-hydroxylation sites is 1. The second-order valence-electron chi connectivity index (χ2n) is 9.70. The maximum atomic E-state index is 13.2. The van der Waals surface area contributed by atoms with Crippen LogP contribution < -0.4 is 4.90 Å². The largest absolute Gasteiger partial charge is 0.368 e. The van der Waals surface area contributed by atoms with E-state index in [0.29, 0.717) is 17.2 Å². The van der Waals surface area contributed by atoms with Crippen LogP contribution in [-0.4, -0.2) is 61.5 Å². The Morgan fingerprint density at radius 3 is 2.16 bits per heavy atom. The first-order valence-electron chi connectivity index (χ1n) is 12.1. The minimum Gasteiger partial charge on any atom is -0.368 e. The van der Waals surface area contributed by atoms with E-state index in [1.165, 1.54) is 56.6 Å². The van der Waals surface area contributed by atoms with E-state index in [2.05, 4.69) is 75.4 Å². The molecule has 0 aromatic heterocycles. The summed E-state index contributed by atoms with van der Waals surface area (Å²) in [5.41, 5.74) is 3.04. The number of carbonyl (C=O) groups excluding carboxylic acids is 1. The summed E-state index contributed by atoms with van der Waals surface area (Å²) in [6.45, 7) is 7.15. The lowest BCUT2D eigenvalue weighted by molar-refractivity contribution is -0.134. The van der Waals surface area contributed by atoms with Gasteiger partial charge in [-0.1, -0.05) is 48.5 Å². The molecule has 2 aromatic carbocycles. The predicted molar refractivity (Wildman–Crippen MR) is 126 cm³/mol. The van der Waals surface area contributed by atoms with Gasteiger partial charge in [0.15, 0.2) is 0 Å². The van der Waals surface area contributed by atoms with Crippen LogP contribution in [0.5, 0.6) is 0 Å². The van der Waals surface area contributed by atoms with E-state index in [-0.39, 0.29) is 0 Å². The highest BCUT2D eigenvalue weighted by atomic mass is 16.2. The van der Waals surface area contributed by atoms with Crippen molar-refractivity contribution < 1.29 is 4.79 Å². The van der Waals surface area contributed by atoms with Crippen molar-refractivity contribution in [2.45, 2.75) is 32.1 Å². The van der Waals surface area contributed by atoms with E-state index < -0.39 is 0 Å². The van der Waals surface area contributed by atoms with Crippen LogP contribution in [0.25, 0.3) is 0 Å². The quantitative estimate of drug-likeness (QED) is 0.709. The summed E-state index contributed by atoms with van der Waals surface area (Å²) in [6.07, 6.45) is 5.93. The van der Waals surface area contributed by atoms with Crippen LogP contribution in [0.4, 0.5) is 5.69 Å². The lowest BCUT2D eigenvalue weighted by atomic mass is 9.90. The molecule has 3 fully saturated rings. The molecule has 1 unspecified atom stereocenters. The number of amides is 1. The van der Waals surface area contributed by atoms with E-state index in [9.17, 15) is 4.79 Å². The summed E-state index contributed by atoms with van der Waals surface area (Å²) in [7, 11) is 0. The zero-order chi connectivity index (χ0) is 21.1. The fraction of sp³-hybridized carbons (Fsp3) is 0.519. The molecule has 1 spiro atoms. The molecule has 2 aliphatic heterocycles. The standard InChI is InChI=1S/C27H35N3O/c31-26(30-20-18-29(19-21-30)24-11-5-2-6-12-24)25-22-27(25)13-16-28(17-14-27)15-7-10-23-8-3-1-4-9-23/h1-6,8-9,11-12,25H,7,10,13-22H2. The monoisotopic (exact) mass is 417 g/mol. The molecular formula is C27H35N3O. The zero-order valence-corrected chi connectivity index (χ0v) is 18.6. The van der Waals surface area contributed by atoms with E-state index >= 15 is 0 Å². The molecule has 2 heterocycles. The number of aryl methyl sites for hydroxylation is 1. The highest BCUT2D eigenvalue weighted by molar-refractivity contribution is 5.83. The number of carbonyl (C=O) groups is 1. The van der Waals surface area contributed by atoms with Crippen LogP contribution >= 0.6 is 0 Å². The van der Waals surface area contributed by atoms with Gasteiger partial charge >= 0.3 is 0 Å². The molecule has 1 atom stereocenters. The first kappa shape index (κ1) is 20.6. The number of anilines is 1. The molecule has 0 N–H and O–H groups in total. The van der Waals surface area contributed by atoms with Gasteiger partial charge in [-0.3, -0.25) is 4.79 Å². The molecule has 31 heavy (non-hydrogen) atoms. The van der Waals surface area contributed by atoms with Gasteiger partial charge in [0.1, 0.15) is 0 Å². The minimum absolute atomic E-state index is 0.294. The molecule has 1 aliphatic carbocycles. The fourth-order valence-corrected chi connectivity index (χ4v) is 5.67. The Bertz CT molecular complexity index is 853. The first-order chi connectivity index (χ1) is 15.2. The molecule has 3 aliphatic rings. The molecule has 1 saturated carbocycles. The summed E-state index contributed by atoms with van der Waals surface area (Å²) in [6, 6.07) is 21.4. The Hall–Kier alpha value is -2.33. The van der Waals surface area contributed by atoms with Crippen LogP contribution in [0, 0.1) is 11.3 Å². The van der Waals surface area contributed by atoms with Crippen molar-refractivity contribution in [3.8, 4) is 0 Å². The highest BCUT2D eigenvalue weighted by Gasteiger charge is 2.59. The number of piperidine rings is 1. The first-order valence-corrected chi connectivity index (χ1v) is 12.1. The Morgan fingerprint density at radius 1 is 0.839 bits per heavy atom. The van der Waals surface area contributed by atoms with Crippen molar-refractivity contribution >= 4 is 11.6 Å². The Kier molecular flexibility index (Phi) is 5.99. The van der Waals surface area contributed by atoms with Gasteiger partial charge in [-0.2, -0.15) is 0 Å².